The highest BCUT2D eigenvalue weighted by molar-refractivity contribution is 6.30. The molecular formula is C17H22ClN3O2. The van der Waals surface area contributed by atoms with Gasteiger partial charge in [-0.25, -0.2) is 0 Å². The van der Waals surface area contributed by atoms with Crippen molar-refractivity contribution in [1.29, 1.82) is 0 Å². The zero-order valence-electron chi connectivity index (χ0n) is 13.5. The van der Waals surface area contributed by atoms with Crippen molar-refractivity contribution in [2.75, 3.05) is 13.1 Å². The number of carbonyl (C=O) groups is 2. The number of nitrogens with one attached hydrogen (secondary N) is 1. The summed E-state index contributed by atoms with van der Waals surface area (Å²) in [5, 5.41) is 3.65. The highest BCUT2D eigenvalue weighted by atomic mass is 35.5. The van der Waals surface area contributed by atoms with Crippen molar-refractivity contribution >= 4 is 23.4 Å². The number of rotatable bonds is 3. The highest BCUT2D eigenvalue weighted by Gasteiger charge is 2.43. The standard InChI is InChI=1S/C17H22ClN3O2/c1-11-17(23)21-9-15(19-12(2)22)7-16(21)10-20(11)8-13-4-3-5-14(18)6-13/h3-6,11,15-16H,7-10H2,1-2H3,(H,19,22)/t11-,15-,16-/m0/s1. The number of halogens is 1. The van der Waals surface area contributed by atoms with Crippen LogP contribution < -0.4 is 5.32 Å². The van der Waals surface area contributed by atoms with E-state index in [0.29, 0.717) is 18.1 Å². The third kappa shape index (κ3) is 3.51. The summed E-state index contributed by atoms with van der Waals surface area (Å²) < 4.78 is 0. The van der Waals surface area contributed by atoms with Crippen molar-refractivity contribution in [3.63, 3.8) is 0 Å². The highest BCUT2D eigenvalue weighted by Crippen LogP contribution is 2.27. The van der Waals surface area contributed by atoms with Crippen LogP contribution in [0.4, 0.5) is 0 Å². The van der Waals surface area contributed by atoms with Crippen LogP contribution in [0.1, 0.15) is 25.8 Å². The predicted octanol–water partition coefficient (Wildman–Crippen LogP) is 1.65. The maximum absolute atomic E-state index is 12.7. The summed E-state index contributed by atoms with van der Waals surface area (Å²) in [6.45, 7) is 5.64. The first-order chi connectivity index (χ1) is 10.9. The molecule has 1 aromatic rings. The summed E-state index contributed by atoms with van der Waals surface area (Å²) in [6.07, 6.45) is 0.823. The molecule has 2 heterocycles. The molecule has 2 amide bonds. The Kier molecular flexibility index (Phi) is 4.60. The molecule has 0 radical (unpaired) electrons. The molecular weight excluding hydrogens is 314 g/mol. The normalized spacial score (nSPS) is 27.9. The van der Waals surface area contributed by atoms with E-state index in [1.165, 1.54) is 6.92 Å². The van der Waals surface area contributed by atoms with Gasteiger partial charge in [0.15, 0.2) is 0 Å². The van der Waals surface area contributed by atoms with Crippen LogP contribution in [0.2, 0.25) is 5.02 Å². The molecule has 2 aliphatic heterocycles. The molecule has 2 fully saturated rings. The number of piperazine rings is 1. The van der Waals surface area contributed by atoms with Gasteiger partial charge in [0.25, 0.3) is 0 Å². The summed E-state index contributed by atoms with van der Waals surface area (Å²) in [5.41, 5.74) is 1.11. The average Bonchev–Trinajstić information content (AvgIpc) is 2.86. The predicted molar refractivity (Wildman–Crippen MR) is 89.0 cm³/mol. The third-order valence-electron chi connectivity index (χ3n) is 4.73. The van der Waals surface area contributed by atoms with E-state index >= 15 is 0 Å². The minimum Gasteiger partial charge on any atom is -0.352 e. The lowest BCUT2D eigenvalue weighted by Crippen LogP contribution is -2.58. The SMILES string of the molecule is CC(=O)N[C@H]1C[C@H]2CN(Cc3cccc(Cl)c3)[C@@H](C)C(=O)N2C1. The summed E-state index contributed by atoms with van der Waals surface area (Å²) in [5.74, 6) is 0.113. The number of nitrogens with zero attached hydrogens (tertiary/aromatic N) is 2. The molecule has 3 rings (SSSR count). The Hall–Kier alpha value is -1.59. The third-order valence-corrected chi connectivity index (χ3v) is 4.97. The fourth-order valence-electron chi connectivity index (χ4n) is 3.65. The quantitative estimate of drug-likeness (QED) is 0.914. The van der Waals surface area contributed by atoms with Crippen LogP contribution in [0, 0.1) is 0 Å². The Morgan fingerprint density at radius 3 is 2.87 bits per heavy atom. The largest absolute Gasteiger partial charge is 0.352 e. The van der Waals surface area contributed by atoms with Gasteiger partial charge in [0.05, 0.1) is 6.04 Å². The lowest BCUT2D eigenvalue weighted by Gasteiger charge is -2.41. The topological polar surface area (TPSA) is 52.7 Å². The zero-order valence-corrected chi connectivity index (χ0v) is 14.2. The first-order valence-electron chi connectivity index (χ1n) is 8.00. The van der Waals surface area contributed by atoms with E-state index in [1.807, 2.05) is 36.1 Å². The van der Waals surface area contributed by atoms with Gasteiger partial charge in [-0.3, -0.25) is 14.5 Å². The van der Waals surface area contributed by atoms with Gasteiger partial charge in [0.2, 0.25) is 11.8 Å². The number of hydrogen-bond donors (Lipinski definition) is 1. The Bertz CT molecular complexity index is 622. The molecule has 23 heavy (non-hydrogen) atoms. The average molecular weight is 336 g/mol. The summed E-state index contributed by atoms with van der Waals surface area (Å²) in [7, 11) is 0. The number of amides is 2. The molecule has 124 valence electrons. The number of carbonyl (C=O) groups excluding carboxylic acids is 2. The van der Waals surface area contributed by atoms with Crippen molar-refractivity contribution in [3.05, 3.63) is 34.9 Å². The van der Waals surface area contributed by atoms with Crippen molar-refractivity contribution in [3.8, 4) is 0 Å². The van der Waals surface area contributed by atoms with Crippen LogP contribution in [-0.4, -0.2) is 52.8 Å². The molecule has 0 spiro atoms. The van der Waals surface area contributed by atoms with E-state index in [2.05, 4.69) is 10.2 Å². The van der Waals surface area contributed by atoms with Crippen LogP contribution in [-0.2, 0) is 16.1 Å². The van der Waals surface area contributed by atoms with Crippen LogP contribution in [0.25, 0.3) is 0 Å². The van der Waals surface area contributed by atoms with E-state index in [9.17, 15) is 9.59 Å². The minimum atomic E-state index is -0.152. The van der Waals surface area contributed by atoms with Gasteiger partial charge in [0.1, 0.15) is 0 Å². The maximum Gasteiger partial charge on any atom is 0.240 e. The monoisotopic (exact) mass is 335 g/mol. The Morgan fingerprint density at radius 2 is 2.17 bits per heavy atom. The molecule has 2 saturated heterocycles. The second kappa shape index (κ2) is 6.49. The van der Waals surface area contributed by atoms with Crippen LogP contribution in [0.3, 0.4) is 0 Å². The lowest BCUT2D eigenvalue weighted by atomic mass is 10.1. The van der Waals surface area contributed by atoms with Crippen LogP contribution >= 0.6 is 11.6 Å². The molecule has 2 aliphatic rings. The van der Waals surface area contributed by atoms with Crippen molar-refractivity contribution in [2.24, 2.45) is 0 Å². The van der Waals surface area contributed by atoms with Gasteiger partial charge >= 0.3 is 0 Å². The first-order valence-corrected chi connectivity index (χ1v) is 8.38. The Balaban J connectivity index is 1.70. The van der Waals surface area contributed by atoms with Gasteiger partial charge in [-0.2, -0.15) is 0 Å². The minimum absolute atomic E-state index is 0.0360. The fourth-order valence-corrected chi connectivity index (χ4v) is 3.86. The number of benzene rings is 1. The van der Waals surface area contributed by atoms with Crippen molar-refractivity contribution < 1.29 is 9.59 Å². The second-order valence-corrected chi connectivity index (χ2v) is 6.95. The zero-order chi connectivity index (χ0) is 16.6. The Morgan fingerprint density at radius 1 is 1.39 bits per heavy atom. The smallest absolute Gasteiger partial charge is 0.240 e. The van der Waals surface area contributed by atoms with E-state index in [4.69, 9.17) is 11.6 Å². The van der Waals surface area contributed by atoms with Gasteiger partial charge in [-0.15, -0.1) is 0 Å². The Labute approximate surface area is 141 Å². The van der Waals surface area contributed by atoms with Gasteiger partial charge in [0, 0.05) is 43.7 Å². The van der Waals surface area contributed by atoms with E-state index in [1.54, 1.807) is 0 Å². The number of hydrogen-bond acceptors (Lipinski definition) is 3. The molecule has 3 atom stereocenters. The molecule has 0 bridgehead atoms. The molecule has 5 nitrogen and oxygen atoms in total. The fraction of sp³-hybridized carbons (Fsp3) is 0.529. The van der Waals surface area contributed by atoms with Gasteiger partial charge in [-0.05, 0) is 31.0 Å². The van der Waals surface area contributed by atoms with Crippen molar-refractivity contribution in [2.45, 2.75) is 44.9 Å². The maximum atomic E-state index is 12.7. The summed E-state index contributed by atoms with van der Waals surface area (Å²) in [4.78, 5) is 28.0. The molecule has 0 unspecified atom stereocenters. The molecule has 6 heteroatoms. The van der Waals surface area contributed by atoms with Gasteiger partial charge < -0.3 is 10.2 Å². The van der Waals surface area contributed by atoms with E-state index in [-0.39, 0.29) is 29.9 Å². The van der Waals surface area contributed by atoms with E-state index < -0.39 is 0 Å². The molecule has 1 N–H and O–H groups in total. The van der Waals surface area contributed by atoms with Crippen LogP contribution in [0.5, 0.6) is 0 Å². The first kappa shape index (κ1) is 16.3. The van der Waals surface area contributed by atoms with Gasteiger partial charge in [-0.1, -0.05) is 23.7 Å². The lowest BCUT2D eigenvalue weighted by molar-refractivity contribution is -0.143. The molecule has 1 aromatic carbocycles. The summed E-state index contributed by atoms with van der Waals surface area (Å²) >= 11 is 6.05. The molecule has 0 aromatic heterocycles. The van der Waals surface area contributed by atoms with Crippen LogP contribution in [0.15, 0.2) is 24.3 Å². The van der Waals surface area contributed by atoms with Crippen molar-refractivity contribution in [1.82, 2.24) is 15.1 Å². The summed E-state index contributed by atoms with van der Waals surface area (Å²) in [6, 6.07) is 7.86. The molecule has 0 aliphatic carbocycles. The van der Waals surface area contributed by atoms with E-state index in [0.717, 1.165) is 18.5 Å². The second-order valence-electron chi connectivity index (χ2n) is 6.51. The number of fused-ring (bicyclic) bond motifs is 1. The molecule has 0 saturated carbocycles.